The number of alkyl halides is 3. The van der Waals surface area contributed by atoms with Gasteiger partial charge in [-0.2, -0.15) is 18.4 Å². The van der Waals surface area contributed by atoms with Crippen molar-refractivity contribution in [2.75, 3.05) is 31.1 Å². The summed E-state index contributed by atoms with van der Waals surface area (Å²) in [5.74, 6) is -0.769. The number of thiophene rings is 1. The van der Waals surface area contributed by atoms with Crippen molar-refractivity contribution >= 4 is 28.8 Å². The van der Waals surface area contributed by atoms with Gasteiger partial charge in [0, 0.05) is 36.7 Å². The summed E-state index contributed by atoms with van der Waals surface area (Å²) >= 11 is 1.52. The molecule has 10 heteroatoms. The first-order valence-corrected chi connectivity index (χ1v) is 12.0. The minimum absolute atomic E-state index is 0.0223. The number of nitrogens with zero attached hydrogens (tertiary/aromatic N) is 3. The molecule has 2 atom stereocenters. The third kappa shape index (κ3) is 5.04. The van der Waals surface area contributed by atoms with Gasteiger partial charge in [-0.25, -0.2) is 0 Å². The molecule has 4 rings (SSSR count). The van der Waals surface area contributed by atoms with E-state index in [1.54, 1.807) is 17.0 Å². The van der Waals surface area contributed by atoms with Crippen molar-refractivity contribution < 1.29 is 22.8 Å². The van der Waals surface area contributed by atoms with Crippen molar-refractivity contribution in [1.29, 1.82) is 5.26 Å². The topological polar surface area (TPSA) is 90.4 Å². The average molecular weight is 491 g/mol. The van der Waals surface area contributed by atoms with E-state index in [0.717, 1.165) is 10.9 Å². The van der Waals surface area contributed by atoms with E-state index in [2.05, 4.69) is 0 Å². The van der Waals surface area contributed by atoms with Crippen LogP contribution in [0.1, 0.15) is 28.8 Å². The maximum absolute atomic E-state index is 13.3. The van der Waals surface area contributed by atoms with Crippen molar-refractivity contribution in [2.24, 2.45) is 23.5 Å². The van der Waals surface area contributed by atoms with Crippen LogP contribution in [0, 0.1) is 29.1 Å². The zero-order chi connectivity index (χ0) is 24.5. The van der Waals surface area contributed by atoms with Crippen LogP contribution in [0.5, 0.6) is 0 Å². The Balaban J connectivity index is 1.42. The second-order valence-electron chi connectivity index (χ2n) is 8.89. The Kier molecular flexibility index (Phi) is 6.84. The van der Waals surface area contributed by atoms with Gasteiger partial charge in [-0.05, 0) is 54.3 Å². The molecule has 6 nitrogen and oxygen atoms in total. The fourth-order valence-corrected chi connectivity index (χ4v) is 5.83. The fourth-order valence-electron chi connectivity index (χ4n) is 5.13. The number of likely N-dealkylation sites (tertiary alicyclic amines) is 1. The van der Waals surface area contributed by atoms with Crippen LogP contribution in [0.2, 0.25) is 0 Å². The SMILES string of the molecule is N#Cc1ccc(N2CCC([C@@H]3CN(C(=O)Cc4cccs4)C[C@H]3C(N)=O)CC2)cc1C(F)(F)F. The second kappa shape index (κ2) is 9.66. The number of primary amides is 1. The highest BCUT2D eigenvalue weighted by molar-refractivity contribution is 7.10. The van der Waals surface area contributed by atoms with E-state index >= 15 is 0 Å². The lowest BCUT2D eigenvalue weighted by atomic mass is 9.78. The summed E-state index contributed by atoms with van der Waals surface area (Å²) in [6, 6.07) is 9.19. The molecule has 2 aliphatic rings. The molecule has 0 spiro atoms. The number of carbonyl (C=O) groups is 2. The maximum Gasteiger partial charge on any atom is 0.417 e. The monoisotopic (exact) mass is 490 g/mol. The third-order valence-electron chi connectivity index (χ3n) is 6.93. The molecule has 0 saturated carbocycles. The van der Waals surface area contributed by atoms with E-state index in [1.807, 2.05) is 22.4 Å². The second-order valence-corrected chi connectivity index (χ2v) is 9.92. The summed E-state index contributed by atoms with van der Waals surface area (Å²) in [4.78, 5) is 29.5. The Bertz CT molecular complexity index is 1090. The quantitative estimate of drug-likeness (QED) is 0.693. The summed E-state index contributed by atoms with van der Waals surface area (Å²) in [7, 11) is 0. The van der Waals surface area contributed by atoms with Crippen molar-refractivity contribution in [1.82, 2.24) is 4.90 Å². The molecule has 1 aromatic carbocycles. The van der Waals surface area contributed by atoms with E-state index in [4.69, 9.17) is 11.0 Å². The minimum atomic E-state index is -4.60. The van der Waals surface area contributed by atoms with Crippen LogP contribution in [-0.2, 0) is 22.2 Å². The molecule has 2 fully saturated rings. The highest BCUT2D eigenvalue weighted by atomic mass is 32.1. The smallest absolute Gasteiger partial charge is 0.372 e. The number of nitriles is 1. The zero-order valence-electron chi connectivity index (χ0n) is 18.4. The highest BCUT2D eigenvalue weighted by Crippen LogP contribution is 2.39. The normalized spacial score (nSPS) is 21.5. The van der Waals surface area contributed by atoms with Gasteiger partial charge in [-0.15, -0.1) is 11.3 Å². The molecule has 34 heavy (non-hydrogen) atoms. The third-order valence-corrected chi connectivity index (χ3v) is 7.80. The Labute approximate surface area is 199 Å². The molecule has 180 valence electrons. The number of hydrogen-bond acceptors (Lipinski definition) is 5. The number of halogens is 3. The van der Waals surface area contributed by atoms with Gasteiger partial charge < -0.3 is 15.5 Å². The summed E-state index contributed by atoms with van der Waals surface area (Å²) in [6.07, 6.45) is -2.93. The number of amides is 2. The maximum atomic E-state index is 13.3. The largest absolute Gasteiger partial charge is 0.417 e. The van der Waals surface area contributed by atoms with Gasteiger partial charge in [0.05, 0.1) is 29.5 Å². The molecule has 0 aliphatic carbocycles. The lowest BCUT2D eigenvalue weighted by Gasteiger charge is -2.37. The summed E-state index contributed by atoms with van der Waals surface area (Å²) < 4.78 is 40.0. The van der Waals surface area contributed by atoms with Gasteiger partial charge in [0.1, 0.15) is 0 Å². The first-order chi connectivity index (χ1) is 16.2. The van der Waals surface area contributed by atoms with Gasteiger partial charge in [0.25, 0.3) is 0 Å². The predicted octanol–water partition coefficient (Wildman–Crippen LogP) is 3.66. The Morgan fingerprint density at radius 2 is 1.91 bits per heavy atom. The van der Waals surface area contributed by atoms with E-state index in [1.165, 1.54) is 17.4 Å². The van der Waals surface area contributed by atoms with Gasteiger partial charge in [-0.1, -0.05) is 6.07 Å². The molecular weight excluding hydrogens is 465 g/mol. The molecule has 0 bridgehead atoms. The Morgan fingerprint density at radius 1 is 1.18 bits per heavy atom. The van der Waals surface area contributed by atoms with Crippen LogP contribution in [0.15, 0.2) is 35.7 Å². The zero-order valence-corrected chi connectivity index (χ0v) is 19.2. The molecule has 3 heterocycles. The Morgan fingerprint density at radius 3 is 2.50 bits per heavy atom. The van der Waals surface area contributed by atoms with E-state index in [0.29, 0.717) is 51.1 Å². The number of hydrogen-bond donors (Lipinski definition) is 1. The lowest BCUT2D eigenvalue weighted by Crippen LogP contribution is -2.40. The van der Waals surface area contributed by atoms with Crippen LogP contribution < -0.4 is 10.6 Å². The number of benzene rings is 1. The summed E-state index contributed by atoms with van der Waals surface area (Å²) in [6.45, 7) is 1.84. The minimum Gasteiger partial charge on any atom is -0.372 e. The van der Waals surface area contributed by atoms with Crippen LogP contribution in [0.25, 0.3) is 0 Å². The Hall–Kier alpha value is -3.06. The average Bonchev–Trinajstić information content (AvgIpc) is 3.48. The van der Waals surface area contributed by atoms with Crippen molar-refractivity contribution in [2.45, 2.75) is 25.4 Å². The summed E-state index contributed by atoms with van der Waals surface area (Å²) in [5.41, 5.74) is 4.78. The summed E-state index contributed by atoms with van der Waals surface area (Å²) in [5, 5.41) is 10.9. The molecular formula is C24H25F3N4O2S. The number of nitrogens with two attached hydrogens (primary N) is 1. The van der Waals surface area contributed by atoms with Gasteiger partial charge >= 0.3 is 6.18 Å². The number of carbonyl (C=O) groups excluding carboxylic acids is 2. The number of rotatable bonds is 5. The van der Waals surface area contributed by atoms with Crippen LogP contribution in [0.3, 0.4) is 0 Å². The van der Waals surface area contributed by atoms with Gasteiger partial charge in [-0.3, -0.25) is 9.59 Å². The van der Waals surface area contributed by atoms with Crippen LogP contribution in [0.4, 0.5) is 18.9 Å². The molecule has 2 amide bonds. The highest BCUT2D eigenvalue weighted by Gasteiger charge is 2.43. The van der Waals surface area contributed by atoms with Crippen molar-refractivity contribution in [3.05, 3.63) is 51.7 Å². The number of anilines is 1. The predicted molar refractivity (Wildman–Crippen MR) is 122 cm³/mol. The number of piperidine rings is 1. The molecule has 2 aromatic rings. The lowest BCUT2D eigenvalue weighted by molar-refractivity contribution is -0.137. The standard InChI is InChI=1S/C24H25F3N4O2S/c25-24(26,27)21-10-17(4-3-16(21)12-28)30-7-5-15(6-8-30)19-13-31(14-20(19)23(29)33)22(32)11-18-2-1-9-34-18/h1-4,9-10,15,19-20H,5-8,11,13-14H2,(H2,29,33)/t19-,20+/m0/s1. The molecule has 2 N–H and O–H groups in total. The van der Waals surface area contributed by atoms with Crippen molar-refractivity contribution in [3.63, 3.8) is 0 Å². The van der Waals surface area contributed by atoms with Crippen molar-refractivity contribution in [3.8, 4) is 6.07 Å². The first-order valence-electron chi connectivity index (χ1n) is 11.1. The molecule has 0 radical (unpaired) electrons. The van der Waals surface area contributed by atoms with E-state index < -0.39 is 29.1 Å². The van der Waals surface area contributed by atoms with E-state index in [9.17, 15) is 22.8 Å². The first kappa shape index (κ1) is 24.1. The van der Waals surface area contributed by atoms with E-state index in [-0.39, 0.29) is 17.7 Å². The molecule has 1 aromatic heterocycles. The van der Waals surface area contributed by atoms with Gasteiger partial charge in [0.15, 0.2) is 0 Å². The van der Waals surface area contributed by atoms with Gasteiger partial charge in [0.2, 0.25) is 11.8 Å². The fraction of sp³-hybridized carbons (Fsp3) is 0.458. The van der Waals surface area contributed by atoms with Crippen LogP contribution in [-0.4, -0.2) is 42.9 Å². The molecule has 2 saturated heterocycles. The van der Waals surface area contributed by atoms with Crippen LogP contribution >= 0.6 is 11.3 Å². The molecule has 0 unspecified atom stereocenters. The molecule has 2 aliphatic heterocycles.